The molecule has 0 radical (unpaired) electrons. The molecule has 1 aromatic carbocycles. The maximum Gasteiger partial charge on any atom is 0.335 e. The van der Waals surface area contributed by atoms with E-state index in [-0.39, 0.29) is 6.10 Å². The van der Waals surface area contributed by atoms with E-state index in [1.54, 1.807) is 12.1 Å². The van der Waals surface area contributed by atoms with Crippen LogP contribution in [-0.2, 0) is 17.8 Å². The van der Waals surface area contributed by atoms with Crippen LogP contribution in [0.25, 0.3) is 11.0 Å². The third-order valence-corrected chi connectivity index (χ3v) is 5.67. The number of aromatic nitrogens is 2. The van der Waals surface area contributed by atoms with Crippen molar-refractivity contribution in [2.45, 2.75) is 32.0 Å². The number of likely N-dealkylation sites (tertiary alicyclic amines) is 1. The molecule has 0 spiro atoms. The zero-order valence-electron chi connectivity index (χ0n) is 13.5. The summed E-state index contributed by atoms with van der Waals surface area (Å²) < 4.78 is 7.78. The Bertz CT molecular complexity index is 801. The number of fused-ring (bicyclic) bond motifs is 2. The molecule has 126 valence electrons. The maximum atomic E-state index is 11.3. The Morgan fingerprint density at radius 3 is 2.79 bits per heavy atom. The van der Waals surface area contributed by atoms with Crippen molar-refractivity contribution in [1.82, 2.24) is 14.5 Å². The molecular formula is C18H21N3O3. The van der Waals surface area contributed by atoms with Gasteiger partial charge in [0.05, 0.1) is 35.8 Å². The van der Waals surface area contributed by atoms with Crippen LogP contribution in [0.1, 0.15) is 29.0 Å². The number of piperidine rings is 1. The third kappa shape index (κ3) is 2.41. The highest BCUT2D eigenvalue weighted by atomic mass is 16.5. The predicted octanol–water partition coefficient (Wildman–Crippen LogP) is 1.98. The van der Waals surface area contributed by atoms with Gasteiger partial charge in [-0.1, -0.05) is 0 Å². The average molecular weight is 327 g/mol. The van der Waals surface area contributed by atoms with E-state index in [9.17, 15) is 9.90 Å². The Hall–Kier alpha value is -1.92. The fourth-order valence-electron chi connectivity index (χ4n) is 4.09. The van der Waals surface area contributed by atoms with Gasteiger partial charge >= 0.3 is 5.97 Å². The fourth-order valence-corrected chi connectivity index (χ4v) is 4.09. The standard InChI is InChI=1S/C18H21N3O3/c22-18(23)11-1-2-15-16(6-11)21(9-14-3-4-24-14)17(19-15)10-20-7-12-5-13(12)8-20/h1-2,6,12-14H,3-5,7-10H2,(H,22,23). The van der Waals surface area contributed by atoms with E-state index in [1.807, 2.05) is 6.07 Å². The second-order valence-corrected chi connectivity index (χ2v) is 7.38. The largest absolute Gasteiger partial charge is 0.478 e. The Morgan fingerprint density at radius 2 is 2.12 bits per heavy atom. The molecule has 2 aromatic rings. The highest BCUT2D eigenvalue weighted by molar-refractivity contribution is 5.92. The normalized spacial score (nSPS) is 28.8. The van der Waals surface area contributed by atoms with Gasteiger partial charge in [-0.25, -0.2) is 9.78 Å². The van der Waals surface area contributed by atoms with Crippen LogP contribution in [0.3, 0.4) is 0 Å². The van der Waals surface area contributed by atoms with Crippen LogP contribution < -0.4 is 0 Å². The summed E-state index contributed by atoms with van der Waals surface area (Å²) in [5.74, 6) is 1.93. The molecule has 5 rings (SSSR count). The minimum Gasteiger partial charge on any atom is -0.478 e. The van der Waals surface area contributed by atoms with Crippen LogP contribution in [0.4, 0.5) is 0 Å². The first-order valence-electron chi connectivity index (χ1n) is 8.74. The van der Waals surface area contributed by atoms with Gasteiger partial charge in [-0.3, -0.25) is 4.90 Å². The van der Waals surface area contributed by atoms with Gasteiger partial charge in [0.1, 0.15) is 5.82 Å². The molecule has 6 nitrogen and oxygen atoms in total. The highest BCUT2D eigenvalue weighted by Crippen LogP contribution is 2.45. The quantitative estimate of drug-likeness (QED) is 0.909. The number of ether oxygens (including phenoxy) is 1. The lowest BCUT2D eigenvalue weighted by atomic mass is 10.1. The van der Waals surface area contributed by atoms with Gasteiger partial charge in [0.25, 0.3) is 0 Å². The number of carbonyl (C=O) groups is 1. The van der Waals surface area contributed by atoms with Gasteiger partial charge in [-0.05, 0) is 42.9 Å². The molecule has 2 aliphatic heterocycles. The first kappa shape index (κ1) is 14.4. The minimum atomic E-state index is -0.897. The zero-order valence-corrected chi connectivity index (χ0v) is 13.5. The topological polar surface area (TPSA) is 67.6 Å². The number of hydrogen-bond donors (Lipinski definition) is 1. The minimum absolute atomic E-state index is 0.224. The van der Waals surface area contributed by atoms with Crippen LogP contribution in [-0.4, -0.2) is 51.3 Å². The van der Waals surface area contributed by atoms with E-state index in [0.29, 0.717) is 5.56 Å². The van der Waals surface area contributed by atoms with E-state index in [2.05, 4.69) is 9.47 Å². The number of carboxylic acids is 1. The molecule has 3 unspecified atom stereocenters. The molecule has 6 heteroatoms. The molecule has 3 atom stereocenters. The summed E-state index contributed by atoms with van der Waals surface area (Å²) in [5.41, 5.74) is 2.09. The van der Waals surface area contributed by atoms with E-state index < -0.39 is 5.97 Å². The second kappa shape index (κ2) is 5.29. The monoisotopic (exact) mass is 327 g/mol. The van der Waals surface area contributed by atoms with Gasteiger partial charge in [0.2, 0.25) is 0 Å². The Balaban J connectivity index is 1.50. The first-order valence-corrected chi connectivity index (χ1v) is 8.74. The van der Waals surface area contributed by atoms with E-state index in [1.165, 1.54) is 19.5 Å². The molecule has 1 aromatic heterocycles. The van der Waals surface area contributed by atoms with Crippen LogP contribution in [0.2, 0.25) is 0 Å². The van der Waals surface area contributed by atoms with Crippen molar-refractivity contribution in [3.05, 3.63) is 29.6 Å². The number of hydrogen-bond acceptors (Lipinski definition) is 4. The van der Waals surface area contributed by atoms with Crippen molar-refractivity contribution in [3.8, 4) is 0 Å². The van der Waals surface area contributed by atoms with Crippen molar-refractivity contribution in [1.29, 1.82) is 0 Å². The smallest absolute Gasteiger partial charge is 0.335 e. The lowest BCUT2D eigenvalue weighted by molar-refractivity contribution is -0.0591. The van der Waals surface area contributed by atoms with Crippen molar-refractivity contribution in [2.24, 2.45) is 11.8 Å². The van der Waals surface area contributed by atoms with Gasteiger partial charge in [0.15, 0.2) is 0 Å². The van der Waals surface area contributed by atoms with Crippen molar-refractivity contribution < 1.29 is 14.6 Å². The lowest BCUT2D eigenvalue weighted by Crippen LogP contribution is -2.32. The van der Waals surface area contributed by atoms with Crippen molar-refractivity contribution >= 4 is 17.0 Å². The van der Waals surface area contributed by atoms with E-state index in [0.717, 1.165) is 54.8 Å². The van der Waals surface area contributed by atoms with Crippen LogP contribution >= 0.6 is 0 Å². The number of benzene rings is 1. The molecule has 0 amide bonds. The summed E-state index contributed by atoms with van der Waals surface area (Å²) in [4.78, 5) is 18.6. The van der Waals surface area contributed by atoms with Crippen LogP contribution in [0, 0.1) is 11.8 Å². The Kier molecular flexibility index (Phi) is 3.18. The molecular weight excluding hydrogens is 306 g/mol. The van der Waals surface area contributed by atoms with E-state index in [4.69, 9.17) is 9.72 Å². The SMILES string of the molecule is O=C(O)c1ccc2nc(CN3CC4CC4C3)n(CC3CCO3)c2c1. The third-order valence-electron chi connectivity index (χ3n) is 5.67. The maximum absolute atomic E-state index is 11.3. The molecule has 1 aliphatic carbocycles. The number of carboxylic acid groups (broad SMARTS) is 1. The number of imidazole rings is 1. The van der Waals surface area contributed by atoms with Crippen LogP contribution in [0.15, 0.2) is 18.2 Å². The summed E-state index contributed by atoms with van der Waals surface area (Å²) in [6, 6.07) is 5.20. The molecule has 3 heterocycles. The van der Waals surface area contributed by atoms with E-state index >= 15 is 0 Å². The van der Waals surface area contributed by atoms with Crippen molar-refractivity contribution in [3.63, 3.8) is 0 Å². The van der Waals surface area contributed by atoms with Crippen LogP contribution in [0.5, 0.6) is 0 Å². The van der Waals surface area contributed by atoms with Gasteiger partial charge in [-0.2, -0.15) is 0 Å². The fraction of sp³-hybridized carbons (Fsp3) is 0.556. The molecule has 24 heavy (non-hydrogen) atoms. The van der Waals surface area contributed by atoms with Crippen molar-refractivity contribution in [2.75, 3.05) is 19.7 Å². The summed E-state index contributed by atoms with van der Waals surface area (Å²) >= 11 is 0. The number of rotatable bonds is 5. The van der Waals surface area contributed by atoms with Gasteiger partial charge in [0, 0.05) is 19.7 Å². The lowest BCUT2D eigenvalue weighted by Gasteiger charge is -2.28. The summed E-state index contributed by atoms with van der Waals surface area (Å²) in [6.45, 7) is 4.78. The predicted molar refractivity (Wildman–Crippen MR) is 87.9 cm³/mol. The molecule has 2 saturated heterocycles. The summed E-state index contributed by atoms with van der Waals surface area (Å²) in [5, 5.41) is 9.28. The number of nitrogens with zero attached hydrogens (tertiary/aromatic N) is 3. The first-order chi connectivity index (χ1) is 11.7. The Morgan fingerprint density at radius 1 is 1.33 bits per heavy atom. The second-order valence-electron chi connectivity index (χ2n) is 7.38. The zero-order chi connectivity index (χ0) is 16.3. The summed E-state index contributed by atoms with van der Waals surface area (Å²) in [6.07, 6.45) is 2.68. The average Bonchev–Trinajstić information content (AvgIpc) is 2.99. The molecule has 3 aliphatic rings. The molecule has 3 fully saturated rings. The van der Waals surface area contributed by atoms with Gasteiger partial charge < -0.3 is 14.4 Å². The number of aromatic carboxylic acids is 1. The van der Waals surface area contributed by atoms with Gasteiger partial charge in [-0.15, -0.1) is 0 Å². The highest BCUT2D eigenvalue weighted by Gasteiger charge is 2.45. The Labute approximate surface area is 140 Å². The summed E-state index contributed by atoms with van der Waals surface area (Å²) in [7, 11) is 0. The molecule has 1 N–H and O–H groups in total. The molecule has 0 bridgehead atoms. The molecule has 1 saturated carbocycles.